The zero-order valence-corrected chi connectivity index (χ0v) is 12.5. The molecule has 0 spiro atoms. The molecule has 0 aliphatic heterocycles. The van der Waals surface area contributed by atoms with Gasteiger partial charge in [0.25, 0.3) is 5.69 Å². The van der Waals surface area contributed by atoms with Gasteiger partial charge in [-0.1, -0.05) is 0 Å². The molecule has 7 heteroatoms. The first kappa shape index (κ1) is 15.6. The second kappa shape index (κ2) is 7.18. The minimum absolute atomic E-state index is 0.0540. The molecule has 1 rings (SSSR count). The number of pyridine rings is 1. The third kappa shape index (κ3) is 4.27. The van der Waals surface area contributed by atoms with Crippen LogP contribution in [0.15, 0.2) is 12.1 Å². The summed E-state index contributed by atoms with van der Waals surface area (Å²) in [6, 6.07) is 3.23. The highest BCUT2D eigenvalue weighted by Gasteiger charge is 2.16. The molecule has 1 N–H and O–H groups in total. The SMILES string of the molecule is CNc1cc([N+](=O)[O-])cc(N(C)C(C)CCSC)n1. The van der Waals surface area contributed by atoms with Crippen LogP contribution in [0, 0.1) is 10.1 Å². The highest BCUT2D eigenvalue weighted by atomic mass is 32.2. The van der Waals surface area contributed by atoms with E-state index in [0.29, 0.717) is 11.6 Å². The van der Waals surface area contributed by atoms with Crippen LogP contribution in [0.3, 0.4) is 0 Å². The second-order valence-electron chi connectivity index (χ2n) is 4.32. The lowest BCUT2D eigenvalue weighted by Gasteiger charge is -2.26. The summed E-state index contributed by atoms with van der Waals surface area (Å²) in [5.74, 6) is 2.18. The van der Waals surface area contributed by atoms with Crippen molar-refractivity contribution in [1.29, 1.82) is 0 Å². The Labute approximate surface area is 117 Å². The van der Waals surface area contributed by atoms with Crippen LogP contribution < -0.4 is 10.2 Å². The average Bonchev–Trinajstić information content (AvgIpc) is 2.43. The van der Waals surface area contributed by atoms with Crippen LogP contribution in [0.25, 0.3) is 0 Å². The van der Waals surface area contributed by atoms with Gasteiger partial charge in [0.1, 0.15) is 11.6 Å². The average molecular weight is 284 g/mol. The largest absolute Gasteiger partial charge is 0.373 e. The zero-order valence-electron chi connectivity index (χ0n) is 11.7. The molecule has 1 aromatic rings. The number of hydrogen-bond donors (Lipinski definition) is 1. The van der Waals surface area contributed by atoms with E-state index in [-0.39, 0.29) is 11.7 Å². The molecule has 1 heterocycles. The van der Waals surface area contributed by atoms with Gasteiger partial charge in [-0.15, -0.1) is 0 Å². The number of anilines is 2. The van der Waals surface area contributed by atoms with Gasteiger partial charge in [0, 0.05) is 20.1 Å². The molecule has 0 radical (unpaired) electrons. The van der Waals surface area contributed by atoms with Crippen molar-refractivity contribution in [3.63, 3.8) is 0 Å². The lowest BCUT2D eigenvalue weighted by atomic mass is 10.2. The summed E-state index contributed by atoms with van der Waals surface area (Å²) < 4.78 is 0. The quantitative estimate of drug-likeness (QED) is 0.613. The number of nitro groups is 1. The third-order valence-corrected chi connectivity index (χ3v) is 3.67. The van der Waals surface area contributed by atoms with E-state index in [1.54, 1.807) is 18.8 Å². The van der Waals surface area contributed by atoms with Gasteiger partial charge in [-0.05, 0) is 25.4 Å². The molecule has 0 saturated heterocycles. The van der Waals surface area contributed by atoms with Crippen LogP contribution in [-0.2, 0) is 0 Å². The van der Waals surface area contributed by atoms with Gasteiger partial charge in [-0.25, -0.2) is 4.98 Å². The van der Waals surface area contributed by atoms with Gasteiger partial charge in [-0.2, -0.15) is 11.8 Å². The summed E-state index contributed by atoms with van der Waals surface area (Å²) >= 11 is 1.79. The zero-order chi connectivity index (χ0) is 14.4. The number of nitrogens with zero attached hydrogens (tertiary/aromatic N) is 3. The molecule has 0 amide bonds. The maximum atomic E-state index is 10.9. The van der Waals surface area contributed by atoms with E-state index in [9.17, 15) is 10.1 Å². The van der Waals surface area contributed by atoms with Crippen molar-refractivity contribution in [3.8, 4) is 0 Å². The summed E-state index contributed by atoms with van der Waals surface area (Å²) in [5.41, 5.74) is 0.0540. The molecular formula is C12H20N4O2S. The fourth-order valence-corrected chi connectivity index (χ4v) is 2.20. The number of nitrogens with one attached hydrogen (secondary N) is 1. The molecule has 0 aliphatic carbocycles. The molecule has 6 nitrogen and oxygen atoms in total. The van der Waals surface area contributed by atoms with Crippen LogP contribution in [0.5, 0.6) is 0 Å². The smallest absolute Gasteiger partial charge is 0.276 e. The van der Waals surface area contributed by atoms with Crippen molar-refractivity contribution in [2.45, 2.75) is 19.4 Å². The number of hydrogen-bond acceptors (Lipinski definition) is 6. The van der Waals surface area contributed by atoms with Crippen LogP contribution in [0.2, 0.25) is 0 Å². The molecule has 1 atom stereocenters. The molecule has 0 saturated carbocycles. The van der Waals surface area contributed by atoms with Gasteiger partial charge in [-0.3, -0.25) is 10.1 Å². The summed E-state index contributed by atoms with van der Waals surface area (Å²) in [7, 11) is 3.61. The van der Waals surface area contributed by atoms with Gasteiger partial charge >= 0.3 is 0 Å². The fourth-order valence-electron chi connectivity index (χ4n) is 1.62. The normalized spacial score (nSPS) is 12.0. The Kier molecular flexibility index (Phi) is 5.88. The monoisotopic (exact) mass is 284 g/mol. The van der Waals surface area contributed by atoms with E-state index in [1.807, 2.05) is 11.9 Å². The molecule has 0 fully saturated rings. The predicted molar refractivity (Wildman–Crippen MR) is 81.3 cm³/mol. The van der Waals surface area contributed by atoms with Crippen molar-refractivity contribution >= 4 is 29.1 Å². The van der Waals surface area contributed by atoms with E-state index in [1.165, 1.54) is 12.1 Å². The maximum Gasteiger partial charge on any atom is 0.276 e. The highest BCUT2D eigenvalue weighted by Crippen LogP contribution is 2.24. The number of thioether (sulfide) groups is 1. The molecule has 0 aliphatic rings. The summed E-state index contributed by atoms with van der Waals surface area (Å²) in [5, 5.41) is 13.8. The van der Waals surface area contributed by atoms with E-state index in [2.05, 4.69) is 23.5 Å². The number of rotatable bonds is 7. The predicted octanol–water partition coefficient (Wildman–Crippen LogP) is 2.61. The Morgan fingerprint density at radius 2 is 2.26 bits per heavy atom. The Hall–Kier alpha value is -1.50. The van der Waals surface area contributed by atoms with Crippen molar-refractivity contribution in [2.24, 2.45) is 0 Å². The van der Waals surface area contributed by atoms with E-state index in [4.69, 9.17) is 0 Å². The van der Waals surface area contributed by atoms with Crippen LogP contribution in [0.1, 0.15) is 13.3 Å². The third-order valence-electron chi connectivity index (χ3n) is 3.03. The van der Waals surface area contributed by atoms with Gasteiger partial charge in [0.2, 0.25) is 0 Å². The summed E-state index contributed by atoms with van der Waals surface area (Å²) in [4.78, 5) is 16.9. The molecule has 0 bridgehead atoms. The first-order chi connectivity index (χ1) is 8.99. The standard InChI is InChI=1S/C12H20N4O2S/c1-9(5-6-19-4)15(3)12-8-10(16(17)18)7-11(13-2)14-12/h7-9H,5-6H2,1-4H3,(H,13,14). The second-order valence-corrected chi connectivity index (χ2v) is 5.30. The minimum atomic E-state index is -0.396. The number of aromatic nitrogens is 1. The molecule has 1 aromatic heterocycles. The molecule has 19 heavy (non-hydrogen) atoms. The van der Waals surface area contributed by atoms with Crippen molar-refractivity contribution < 1.29 is 4.92 Å². The molecule has 0 aromatic carbocycles. The fraction of sp³-hybridized carbons (Fsp3) is 0.583. The topological polar surface area (TPSA) is 71.3 Å². The Bertz CT molecular complexity index is 442. The van der Waals surface area contributed by atoms with Gasteiger partial charge < -0.3 is 10.2 Å². The van der Waals surface area contributed by atoms with Gasteiger partial charge in [0.15, 0.2) is 0 Å². The van der Waals surface area contributed by atoms with Crippen LogP contribution >= 0.6 is 11.8 Å². The van der Waals surface area contributed by atoms with E-state index >= 15 is 0 Å². The molecule has 106 valence electrons. The van der Waals surface area contributed by atoms with Crippen molar-refractivity contribution in [3.05, 3.63) is 22.2 Å². The highest BCUT2D eigenvalue weighted by molar-refractivity contribution is 7.98. The Morgan fingerprint density at radius 3 is 2.79 bits per heavy atom. The summed E-state index contributed by atoms with van der Waals surface area (Å²) in [6.07, 6.45) is 3.08. The Balaban J connectivity index is 2.97. The van der Waals surface area contributed by atoms with E-state index < -0.39 is 4.92 Å². The maximum absolute atomic E-state index is 10.9. The molecular weight excluding hydrogens is 264 g/mol. The van der Waals surface area contributed by atoms with E-state index in [0.717, 1.165) is 12.2 Å². The lowest BCUT2D eigenvalue weighted by molar-refractivity contribution is -0.384. The first-order valence-corrected chi connectivity index (χ1v) is 7.45. The van der Waals surface area contributed by atoms with Crippen molar-refractivity contribution in [1.82, 2.24) is 4.98 Å². The minimum Gasteiger partial charge on any atom is -0.373 e. The van der Waals surface area contributed by atoms with Gasteiger partial charge in [0.05, 0.1) is 17.1 Å². The lowest BCUT2D eigenvalue weighted by Crippen LogP contribution is -2.30. The molecule has 1 unspecified atom stereocenters. The summed E-state index contributed by atoms with van der Waals surface area (Å²) in [6.45, 7) is 2.09. The Morgan fingerprint density at radius 1 is 1.58 bits per heavy atom. The van der Waals surface area contributed by atoms with Crippen LogP contribution in [-0.4, -0.2) is 42.1 Å². The first-order valence-electron chi connectivity index (χ1n) is 6.05. The van der Waals surface area contributed by atoms with Crippen LogP contribution in [0.4, 0.5) is 17.3 Å². The van der Waals surface area contributed by atoms with Crippen molar-refractivity contribution in [2.75, 3.05) is 36.3 Å².